The molecule has 4 rings (SSSR count). The van der Waals surface area contributed by atoms with Crippen LogP contribution in [0.4, 0.5) is 5.69 Å². The highest BCUT2D eigenvalue weighted by Crippen LogP contribution is 2.32. The van der Waals surface area contributed by atoms with Crippen LogP contribution in [0.5, 0.6) is 0 Å². The molecule has 2 aliphatic heterocycles. The van der Waals surface area contributed by atoms with Crippen LogP contribution in [0.2, 0.25) is 0 Å². The first-order chi connectivity index (χ1) is 11.2. The molecule has 0 N–H and O–H groups in total. The van der Waals surface area contributed by atoms with Crippen LogP contribution >= 0.6 is 0 Å². The van der Waals surface area contributed by atoms with Gasteiger partial charge in [0.25, 0.3) is 5.91 Å². The van der Waals surface area contributed by atoms with Gasteiger partial charge in [0, 0.05) is 25.8 Å². The van der Waals surface area contributed by atoms with Gasteiger partial charge in [-0.15, -0.1) is 0 Å². The summed E-state index contributed by atoms with van der Waals surface area (Å²) in [6.45, 7) is 4.80. The lowest BCUT2D eigenvalue weighted by atomic mass is 10.0. The molecular weight excluding hydrogens is 294 g/mol. The summed E-state index contributed by atoms with van der Waals surface area (Å²) < 4.78 is 11.8. The maximum absolute atomic E-state index is 12.3. The maximum atomic E-state index is 12.3. The fourth-order valence-corrected chi connectivity index (χ4v) is 3.45. The first-order valence-corrected chi connectivity index (χ1v) is 8.39. The lowest BCUT2D eigenvalue weighted by Crippen LogP contribution is -2.61. The third-order valence-corrected chi connectivity index (χ3v) is 4.85. The number of aromatic nitrogens is 1. The van der Waals surface area contributed by atoms with Gasteiger partial charge < -0.3 is 14.4 Å². The monoisotopic (exact) mass is 317 g/mol. The molecule has 0 radical (unpaired) electrons. The average Bonchev–Trinajstić information content (AvgIpc) is 3.40. The number of carbonyl (C=O) groups is 1. The van der Waals surface area contributed by atoms with Crippen molar-refractivity contribution in [3.8, 4) is 0 Å². The van der Waals surface area contributed by atoms with E-state index >= 15 is 0 Å². The molecule has 1 spiro atoms. The van der Waals surface area contributed by atoms with Crippen LogP contribution in [0.1, 0.15) is 12.8 Å². The van der Waals surface area contributed by atoms with E-state index in [2.05, 4.69) is 9.88 Å². The molecule has 6 heteroatoms. The number of pyridine rings is 1. The minimum atomic E-state index is -0.435. The SMILES string of the molecule is O=C1CO[C@]2(COCCN(CC3CC3)C2)CN1c1cccnc1. The van der Waals surface area contributed by atoms with Crippen LogP contribution in [-0.2, 0) is 14.3 Å². The van der Waals surface area contributed by atoms with Crippen molar-refractivity contribution in [2.45, 2.75) is 18.4 Å². The van der Waals surface area contributed by atoms with Gasteiger partial charge in [0.2, 0.25) is 0 Å². The summed E-state index contributed by atoms with van der Waals surface area (Å²) >= 11 is 0. The number of rotatable bonds is 3. The first kappa shape index (κ1) is 15.1. The molecule has 23 heavy (non-hydrogen) atoms. The van der Waals surface area contributed by atoms with E-state index in [0.717, 1.165) is 37.8 Å². The van der Waals surface area contributed by atoms with Gasteiger partial charge in [-0.25, -0.2) is 0 Å². The molecule has 1 atom stereocenters. The molecule has 2 saturated heterocycles. The number of hydrogen-bond acceptors (Lipinski definition) is 5. The van der Waals surface area contributed by atoms with Gasteiger partial charge in [-0.05, 0) is 30.9 Å². The molecule has 0 aromatic carbocycles. The van der Waals surface area contributed by atoms with Crippen molar-refractivity contribution in [1.29, 1.82) is 0 Å². The Hall–Kier alpha value is -1.50. The summed E-state index contributed by atoms with van der Waals surface area (Å²) in [5.41, 5.74) is 0.396. The second-order valence-corrected chi connectivity index (χ2v) is 6.89. The Kier molecular flexibility index (Phi) is 4.05. The van der Waals surface area contributed by atoms with Crippen LogP contribution < -0.4 is 4.90 Å². The fraction of sp³-hybridized carbons (Fsp3) is 0.647. The van der Waals surface area contributed by atoms with Gasteiger partial charge in [-0.3, -0.25) is 14.7 Å². The lowest BCUT2D eigenvalue weighted by molar-refractivity contribution is -0.146. The van der Waals surface area contributed by atoms with Gasteiger partial charge in [0.1, 0.15) is 12.2 Å². The highest BCUT2D eigenvalue weighted by molar-refractivity contribution is 5.95. The number of amides is 1. The Morgan fingerprint density at radius 2 is 2.26 bits per heavy atom. The van der Waals surface area contributed by atoms with E-state index in [1.54, 1.807) is 17.3 Å². The third-order valence-electron chi connectivity index (χ3n) is 4.85. The molecule has 3 aliphatic rings. The summed E-state index contributed by atoms with van der Waals surface area (Å²) in [5.74, 6) is 0.825. The molecule has 0 bridgehead atoms. The van der Waals surface area contributed by atoms with Gasteiger partial charge >= 0.3 is 0 Å². The molecule has 1 aromatic heterocycles. The zero-order chi connectivity index (χ0) is 15.7. The van der Waals surface area contributed by atoms with Crippen molar-refractivity contribution in [3.05, 3.63) is 24.5 Å². The van der Waals surface area contributed by atoms with E-state index in [1.165, 1.54) is 12.8 Å². The predicted molar refractivity (Wildman–Crippen MR) is 85.3 cm³/mol. The van der Waals surface area contributed by atoms with Crippen LogP contribution in [0, 0.1) is 5.92 Å². The molecule has 1 aromatic rings. The molecule has 1 aliphatic carbocycles. The molecular formula is C17H23N3O3. The van der Waals surface area contributed by atoms with Crippen molar-refractivity contribution in [2.24, 2.45) is 5.92 Å². The van der Waals surface area contributed by atoms with Gasteiger partial charge in [-0.2, -0.15) is 0 Å². The topological polar surface area (TPSA) is 54.9 Å². The Labute approximate surface area is 136 Å². The second kappa shape index (κ2) is 6.19. The molecule has 1 saturated carbocycles. The molecule has 0 unspecified atom stereocenters. The normalized spacial score (nSPS) is 29.7. The quantitative estimate of drug-likeness (QED) is 0.830. The Morgan fingerprint density at radius 3 is 3.04 bits per heavy atom. The highest BCUT2D eigenvalue weighted by Gasteiger charge is 2.44. The molecule has 3 fully saturated rings. The van der Waals surface area contributed by atoms with Crippen molar-refractivity contribution in [2.75, 3.05) is 50.9 Å². The largest absolute Gasteiger partial charge is 0.377 e. The molecule has 1 amide bonds. The Morgan fingerprint density at radius 1 is 1.35 bits per heavy atom. The summed E-state index contributed by atoms with van der Waals surface area (Å²) in [6.07, 6.45) is 6.13. The summed E-state index contributed by atoms with van der Waals surface area (Å²) in [6, 6.07) is 3.77. The van der Waals surface area contributed by atoms with E-state index in [0.29, 0.717) is 13.2 Å². The third kappa shape index (κ3) is 3.39. The minimum Gasteiger partial charge on any atom is -0.377 e. The van der Waals surface area contributed by atoms with Crippen molar-refractivity contribution in [3.63, 3.8) is 0 Å². The summed E-state index contributed by atoms with van der Waals surface area (Å²) in [7, 11) is 0. The zero-order valence-electron chi connectivity index (χ0n) is 13.3. The molecule has 124 valence electrons. The van der Waals surface area contributed by atoms with E-state index in [1.807, 2.05) is 12.1 Å². The van der Waals surface area contributed by atoms with Crippen molar-refractivity contribution >= 4 is 11.6 Å². The van der Waals surface area contributed by atoms with E-state index in [-0.39, 0.29) is 12.5 Å². The number of carbonyl (C=O) groups excluding carboxylic acids is 1. The molecule has 3 heterocycles. The number of hydrogen-bond donors (Lipinski definition) is 0. The molecule has 6 nitrogen and oxygen atoms in total. The highest BCUT2D eigenvalue weighted by atomic mass is 16.6. The summed E-state index contributed by atoms with van der Waals surface area (Å²) in [5, 5.41) is 0. The average molecular weight is 317 g/mol. The standard InChI is InChI=1S/C17H23N3O3/c21-16-10-23-17(12-20(16)15-2-1-5-18-8-15)11-19(6-7-22-13-17)9-14-3-4-14/h1-2,5,8,14H,3-4,6-7,9-13H2/t17-/m0/s1. The lowest BCUT2D eigenvalue weighted by Gasteiger charge is -2.43. The van der Waals surface area contributed by atoms with E-state index in [4.69, 9.17) is 9.47 Å². The van der Waals surface area contributed by atoms with Crippen LogP contribution in [0.25, 0.3) is 0 Å². The maximum Gasteiger partial charge on any atom is 0.253 e. The Bertz CT molecular complexity index is 563. The van der Waals surface area contributed by atoms with Crippen LogP contribution in [0.3, 0.4) is 0 Å². The number of anilines is 1. The van der Waals surface area contributed by atoms with Gasteiger partial charge in [0.05, 0.1) is 31.6 Å². The van der Waals surface area contributed by atoms with Crippen molar-refractivity contribution in [1.82, 2.24) is 9.88 Å². The minimum absolute atomic E-state index is 0.0124. The summed E-state index contributed by atoms with van der Waals surface area (Å²) in [4.78, 5) is 20.7. The first-order valence-electron chi connectivity index (χ1n) is 8.39. The zero-order valence-corrected chi connectivity index (χ0v) is 13.3. The smallest absolute Gasteiger partial charge is 0.253 e. The number of nitrogens with zero attached hydrogens (tertiary/aromatic N) is 3. The van der Waals surface area contributed by atoms with Crippen LogP contribution in [-0.4, -0.2) is 67.4 Å². The van der Waals surface area contributed by atoms with E-state index in [9.17, 15) is 4.79 Å². The predicted octanol–water partition coefficient (Wildman–Crippen LogP) is 0.926. The van der Waals surface area contributed by atoms with Gasteiger partial charge in [0.15, 0.2) is 0 Å². The fourth-order valence-electron chi connectivity index (χ4n) is 3.45. The Balaban J connectivity index is 1.52. The van der Waals surface area contributed by atoms with Gasteiger partial charge in [-0.1, -0.05) is 0 Å². The van der Waals surface area contributed by atoms with E-state index < -0.39 is 5.60 Å². The number of ether oxygens (including phenoxy) is 2. The van der Waals surface area contributed by atoms with Crippen LogP contribution in [0.15, 0.2) is 24.5 Å². The second-order valence-electron chi connectivity index (χ2n) is 6.89. The number of morpholine rings is 1. The van der Waals surface area contributed by atoms with Crippen molar-refractivity contribution < 1.29 is 14.3 Å².